The van der Waals surface area contributed by atoms with E-state index in [9.17, 15) is 4.79 Å². The average molecular weight is 383 g/mol. The second-order valence-corrected chi connectivity index (χ2v) is 7.00. The number of amides is 1. The van der Waals surface area contributed by atoms with Gasteiger partial charge in [-0.15, -0.1) is 0 Å². The number of anilines is 1. The van der Waals surface area contributed by atoms with Gasteiger partial charge in [0.25, 0.3) is 5.91 Å². The Hall–Kier alpha value is -2.76. The molecule has 2 aromatic rings. The van der Waals surface area contributed by atoms with Crippen molar-refractivity contribution in [2.75, 3.05) is 39.2 Å². The average Bonchev–Trinajstić information content (AvgIpc) is 3.03. The topological polar surface area (TPSA) is 63.7 Å². The molecule has 1 fully saturated rings. The molecule has 150 valence electrons. The molecule has 2 heterocycles. The Kier molecular flexibility index (Phi) is 7.12. The molecule has 0 bridgehead atoms. The monoisotopic (exact) mass is 383 g/mol. The highest BCUT2D eigenvalue weighted by atomic mass is 16.5. The first-order valence-corrected chi connectivity index (χ1v) is 9.91. The Balaban J connectivity index is 1.58. The van der Waals surface area contributed by atoms with Crippen LogP contribution in [0.4, 0.5) is 5.82 Å². The number of carbonyl (C=O) groups is 1. The maximum Gasteiger partial charge on any atom is 0.254 e. The third-order valence-corrected chi connectivity index (χ3v) is 5.07. The van der Waals surface area contributed by atoms with Gasteiger partial charge in [0, 0.05) is 31.4 Å². The quantitative estimate of drug-likeness (QED) is 0.788. The summed E-state index contributed by atoms with van der Waals surface area (Å²) in [6.07, 6.45) is 7.11. The van der Waals surface area contributed by atoms with Crippen molar-refractivity contribution in [3.63, 3.8) is 0 Å². The van der Waals surface area contributed by atoms with Gasteiger partial charge in [-0.1, -0.05) is 18.9 Å². The van der Waals surface area contributed by atoms with Crippen molar-refractivity contribution < 1.29 is 14.3 Å². The molecule has 0 aliphatic carbocycles. The number of aromatic nitrogens is 1. The van der Waals surface area contributed by atoms with Crippen molar-refractivity contribution in [2.24, 2.45) is 0 Å². The fraction of sp³-hybridized carbons (Fsp3) is 0.455. The molecule has 1 aliphatic heterocycles. The van der Waals surface area contributed by atoms with E-state index in [0.717, 1.165) is 55.2 Å². The minimum Gasteiger partial charge on any atom is -0.493 e. The second-order valence-electron chi connectivity index (χ2n) is 7.00. The van der Waals surface area contributed by atoms with Crippen LogP contribution in [0.2, 0.25) is 0 Å². The van der Waals surface area contributed by atoms with Crippen molar-refractivity contribution in [1.29, 1.82) is 0 Å². The minimum absolute atomic E-state index is 0.104. The van der Waals surface area contributed by atoms with Crippen molar-refractivity contribution in [3.8, 4) is 11.5 Å². The number of likely N-dealkylation sites (tertiary alicyclic amines) is 1. The van der Waals surface area contributed by atoms with E-state index in [-0.39, 0.29) is 5.91 Å². The summed E-state index contributed by atoms with van der Waals surface area (Å²) in [5.74, 6) is 2.28. The Morgan fingerprint density at radius 3 is 2.50 bits per heavy atom. The molecule has 1 N–H and O–H groups in total. The first-order valence-electron chi connectivity index (χ1n) is 9.91. The summed E-state index contributed by atoms with van der Waals surface area (Å²) in [5, 5.41) is 3.32. The SMILES string of the molecule is COc1ccc(CCNc2cc(C(=O)N3CCCCCC3)ccn2)cc1OC. The van der Waals surface area contributed by atoms with Crippen LogP contribution in [0.15, 0.2) is 36.5 Å². The number of nitrogens with one attached hydrogen (secondary N) is 1. The summed E-state index contributed by atoms with van der Waals surface area (Å²) in [4.78, 5) is 19.1. The van der Waals surface area contributed by atoms with Crippen LogP contribution >= 0.6 is 0 Å². The van der Waals surface area contributed by atoms with Crippen LogP contribution in [-0.2, 0) is 6.42 Å². The van der Waals surface area contributed by atoms with Gasteiger partial charge in [-0.3, -0.25) is 4.79 Å². The van der Waals surface area contributed by atoms with E-state index in [0.29, 0.717) is 12.1 Å². The summed E-state index contributed by atoms with van der Waals surface area (Å²) in [5.41, 5.74) is 1.84. The summed E-state index contributed by atoms with van der Waals surface area (Å²) < 4.78 is 10.6. The van der Waals surface area contributed by atoms with E-state index < -0.39 is 0 Å². The molecule has 6 heteroatoms. The number of methoxy groups -OCH3 is 2. The number of nitrogens with zero attached hydrogens (tertiary/aromatic N) is 2. The third kappa shape index (κ3) is 5.15. The van der Waals surface area contributed by atoms with Gasteiger partial charge >= 0.3 is 0 Å². The van der Waals surface area contributed by atoms with Crippen molar-refractivity contribution in [1.82, 2.24) is 9.88 Å². The van der Waals surface area contributed by atoms with Crippen LogP contribution < -0.4 is 14.8 Å². The highest BCUT2D eigenvalue weighted by molar-refractivity contribution is 5.94. The van der Waals surface area contributed by atoms with Crippen LogP contribution in [0.5, 0.6) is 11.5 Å². The van der Waals surface area contributed by atoms with Crippen molar-refractivity contribution >= 4 is 11.7 Å². The van der Waals surface area contributed by atoms with Crippen LogP contribution in [-0.4, -0.2) is 49.6 Å². The number of pyridine rings is 1. The molecule has 1 aliphatic rings. The standard InChI is InChI=1S/C22H29N3O3/c1-27-19-8-7-17(15-20(19)28-2)9-11-23-21-16-18(10-12-24-21)22(26)25-13-5-3-4-6-14-25/h7-8,10,12,15-16H,3-6,9,11,13-14H2,1-2H3,(H,23,24). The van der Waals surface area contributed by atoms with Crippen molar-refractivity contribution in [2.45, 2.75) is 32.1 Å². The maximum atomic E-state index is 12.8. The normalized spacial score (nSPS) is 14.3. The van der Waals surface area contributed by atoms with Gasteiger partial charge in [0.15, 0.2) is 11.5 Å². The molecule has 28 heavy (non-hydrogen) atoms. The predicted molar refractivity (Wildman–Crippen MR) is 110 cm³/mol. The second kappa shape index (κ2) is 9.97. The molecule has 0 radical (unpaired) electrons. The highest BCUT2D eigenvalue weighted by Crippen LogP contribution is 2.27. The minimum atomic E-state index is 0.104. The number of ether oxygens (including phenoxy) is 2. The van der Waals surface area contributed by atoms with Gasteiger partial charge in [-0.25, -0.2) is 4.98 Å². The molecular weight excluding hydrogens is 354 g/mol. The lowest BCUT2D eigenvalue weighted by Gasteiger charge is -2.20. The lowest BCUT2D eigenvalue weighted by atomic mass is 10.1. The third-order valence-electron chi connectivity index (χ3n) is 5.07. The number of carbonyl (C=O) groups excluding carboxylic acids is 1. The Morgan fingerprint density at radius 1 is 1.04 bits per heavy atom. The van der Waals surface area contributed by atoms with E-state index in [1.54, 1.807) is 26.5 Å². The maximum absolute atomic E-state index is 12.8. The van der Waals surface area contributed by atoms with Gasteiger partial charge < -0.3 is 19.7 Å². The molecule has 1 aromatic heterocycles. The molecular formula is C22H29N3O3. The number of hydrogen-bond donors (Lipinski definition) is 1. The summed E-state index contributed by atoms with van der Waals surface area (Å²) in [6, 6.07) is 9.56. The zero-order valence-corrected chi connectivity index (χ0v) is 16.7. The van der Waals surface area contributed by atoms with Gasteiger partial charge in [-0.2, -0.15) is 0 Å². The molecule has 1 saturated heterocycles. The van der Waals surface area contributed by atoms with Gasteiger partial charge in [-0.05, 0) is 49.1 Å². The molecule has 0 unspecified atom stereocenters. The number of hydrogen-bond acceptors (Lipinski definition) is 5. The molecule has 6 nitrogen and oxygen atoms in total. The van der Waals surface area contributed by atoms with E-state index in [1.807, 2.05) is 29.2 Å². The van der Waals surface area contributed by atoms with Gasteiger partial charge in [0.05, 0.1) is 14.2 Å². The zero-order chi connectivity index (χ0) is 19.8. The first-order chi connectivity index (χ1) is 13.7. The summed E-state index contributed by atoms with van der Waals surface area (Å²) in [7, 11) is 3.27. The van der Waals surface area contributed by atoms with Crippen molar-refractivity contribution in [3.05, 3.63) is 47.7 Å². The molecule has 0 spiro atoms. The van der Waals surface area contributed by atoms with Gasteiger partial charge in [0.2, 0.25) is 0 Å². The lowest BCUT2D eigenvalue weighted by molar-refractivity contribution is 0.0761. The van der Waals surface area contributed by atoms with E-state index in [2.05, 4.69) is 10.3 Å². The van der Waals surface area contributed by atoms with Crippen LogP contribution in [0.1, 0.15) is 41.6 Å². The largest absolute Gasteiger partial charge is 0.493 e. The molecule has 0 saturated carbocycles. The smallest absolute Gasteiger partial charge is 0.254 e. The van der Waals surface area contributed by atoms with E-state index in [4.69, 9.17) is 9.47 Å². The Morgan fingerprint density at radius 2 is 1.79 bits per heavy atom. The molecule has 3 rings (SSSR count). The zero-order valence-electron chi connectivity index (χ0n) is 16.7. The highest BCUT2D eigenvalue weighted by Gasteiger charge is 2.17. The Bertz CT molecular complexity index is 786. The summed E-state index contributed by atoms with van der Waals surface area (Å²) in [6.45, 7) is 2.41. The van der Waals surface area contributed by atoms with Crippen LogP contribution in [0.3, 0.4) is 0 Å². The van der Waals surface area contributed by atoms with Gasteiger partial charge in [0.1, 0.15) is 5.82 Å². The molecule has 0 atom stereocenters. The fourth-order valence-corrected chi connectivity index (χ4v) is 3.49. The van der Waals surface area contributed by atoms with Crippen LogP contribution in [0.25, 0.3) is 0 Å². The molecule has 1 amide bonds. The van der Waals surface area contributed by atoms with E-state index >= 15 is 0 Å². The van der Waals surface area contributed by atoms with Crippen LogP contribution in [0, 0.1) is 0 Å². The predicted octanol–water partition coefficient (Wildman–Crippen LogP) is 3.77. The fourth-order valence-electron chi connectivity index (χ4n) is 3.49. The van der Waals surface area contributed by atoms with E-state index in [1.165, 1.54) is 12.8 Å². The number of benzene rings is 1. The Labute approximate surface area is 166 Å². The summed E-state index contributed by atoms with van der Waals surface area (Å²) >= 11 is 0. The molecule has 1 aromatic carbocycles. The first kappa shape index (κ1) is 20.0. The lowest BCUT2D eigenvalue weighted by Crippen LogP contribution is -2.31. The number of rotatable bonds is 7.